The lowest BCUT2D eigenvalue weighted by Crippen LogP contribution is -2.62. The number of nitrogens with two attached hydrogens (primary N) is 3. The molecule has 0 spiro atoms. The van der Waals surface area contributed by atoms with Crippen molar-refractivity contribution in [3.8, 4) is 5.75 Å². The van der Waals surface area contributed by atoms with Crippen molar-refractivity contribution < 1.29 is 123 Å². The molecule has 0 saturated carbocycles. The summed E-state index contributed by atoms with van der Waals surface area (Å²) in [6.07, 6.45) is -7.01. The maximum atomic E-state index is 14.2. The first-order valence-electron chi connectivity index (χ1n) is 33.1. The van der Waals surface area contributed by atoms with E-state index in [4.69, 9.17) is 17.2 Å². The summed E-state index contributed by atoms with van der Waals surface area (Å²) in [6, 6.07) is -8.00. The molecular formula is C64H97N15O25. The molecule has 578 valence electrons. The molecule has 40 nitrogen and oxygen atoms in total. The molecule has 27 N–H and O–H groups in total. The topological polar surface area (TPSA) is 678 Å². The highest BCUT2D eigenvalue weighted by atomic mass is 16.4. The van der Waals surface area contributed by atoms with E-state index >= 15 is 0 Å². The number of amides is 12. The number of carboxylic acids is 4. The summed E-state index contributed by atoms with van der Waals surface area (Å²) in [5.41, 5.74) is 17.5. The van der Waals surface area contributed by atoms with Crippen molar-refractivity contribution in [2.45, 2.75) is 195 Å². The largest absolute Gasteiger partial charge is 0.508 e. The van der Waals surface area contributed by atoms with Crippen molar-refractivity contribution in [1.82, 2.24) is 63.8 Å². The van der Waals surface area contributed by atoms with Gasteiger partial charge in [-0.05, 0) is 108 Å². The average Bonchev–Trinajstić information content (AvgIpc) is 0.907. The average molecular weight is 1480 g/mol. The smallest absolute Gasteiger partial charge is 0.326 e. The van der Waals surface area contributed by atoms with Gasteiger partial charge in [0.1, 0.15) is 72.2 Å². The zero-order valence-electron chi connectivity index (χ0n) is 57.5. The molecule has 0 fully saturated rings. The second-order valence-corrected chi connectivity index (χ2v) is 24.2. The summed E-state index contributed by atoms with van der Waals surface area (Å²) in [6.45, 7) is 0.548. The predicted octanol–water partition coefficient (Wildman–Crippen LogP) is -8.34. The number of carboxylic acid groups (broad SMARTS) is 4. The van der Waals surface area contributed by atoms with Crippen molar-refractivity contribution in [3.63, 3.8) is 0 Å². The number of benzene rings is 2. The number of aliphatic hydroxyl groups excluding tert-OH is 4. The van der Waals surface area contributed by atoms with Crippen LogP contribution in [0.3, 0.4) is 0 Å². The van der Waals surface area contributed by atoms with Crippen molar-refractivity contribution in [3.05, 3.63) is 65.7 Å². The Morgan fingerprint density at radius 2 is 0.740 bits per heavy atom. The highest BCUT2D eigenvalue weighted by molar-refractivity contribution is 6.00. The molecular weight excluding hydrogens is 1380 g/mol. The van der Waals surface area contributed by atoms with Gasteiger partial charge in [0, 0.05) is 32.1 Å². The van der Waals surface area contributed by atoms with Gasteiger partial charge in [0.15, 0.2) is 0 Å². The number of hydrogen-bond acceptors (Lipinski definition) is 24. The fourth-order valence-corrected chi connectivity index (χ4v) is 9.67. The molecule has 14 atom stereocenters. The Labute approximate surface area is 596 Å². The summed E-state index contributed by atoms with van der Waals surface area (Å²) in [7, 11) is 0. The Hall–Kier alpha value is -10.5. The Bertz CT molecular complexity index is 3240. The van der Waals surface area contributed by atoms with Crippen LogP contribution < -0.4 is 81.0 Å². The molecule has 40 heteroatoms. The number of carbonyl (C=O) groups is 16. The molecule has 0 aliphatic carbocycles. The van der Waals surface area contributed by atoms with Gasteiger partial charge in [-0.3, -0.25) is 71.9 Å². The lowest BCUT2D eigenvalue weighted by atomic mass is 10.0. The first-order chi connectivity index (χ1) is 49.0. The first kappa shape index (κ1) is 89.6. The molecule has 0 saturated heterocycles. The predicted molar refractivity (Wildman–Crippen MR) is 361 cm³/mol. The van der Waals surface area contributed by atoms with Gasteiger partial charge >= 0.3 is 23.9 Å². The van der Waals surface area contributed by atoms with Crippen LogP contribution in [0.4, 0.5) is 0 Å². The normalized spacial score (nSPS) is 15.1. The third-order valence-corrected chi connectivity index (χ3v) is 15.6. The minimum atomic E-state index is -2.08. The Balaban J connectivity index is 2.39. The summed E-state index contributed by atoms with van der Waals surface area (Å²) < 4.78 is 0. The number of aliphatic hydroxyl groups is 4. The number of rotatable bonds is 50. The maximum absolute atomic E-state index is 14.2. The van der Waals surface area contributed by atoms with Crippen molar-refractivity contribution in [2.24, 2.45) is 17.2 Å². The summed E-state index contributed by atoms with van der Waals surface area (Å²) in [5, 5.41) is 117. The van der Waals surface area contributed by atoms with Gasteiger partial charge in [0.25, 0.3) is 0 Å². The van der Waals surface area contributed by atoms with Crippen LogP contribution >= 0.6 is 0 Å². The van der Waals surface area contributed by atoms with Gasteiger partial charge in [-0.2, -0.15) is 0 Å². The Morgan fingerprint density at radius 3 is 1.16 bits per heavy atom. The standard InChI is InChI=1S/C64H97N15O25/c1-32(69-62(101)52(34(3)83)79-57(96)41(21-24-50(90)91)71-55(94)40(20-23-49(88)89)72-63(102)51(33(2)82)78-47(85)29-68-54(93)38(67)13-7-9-25-65)53(92)70-39(19-22-48(86)87)56(95)74-44(28-36-15-17-37(84)18-16-36)59(98)76-46(31-81)61(100)77-45(30-80)60(99)75-43(27-35-11-5-4-6-12-35)58(97)73-42(64(103)104)14-8-10-26-66/h4-6,11-12,15-18,32-34,38-46,51-52,80-84H,7-10,13-14,19-31,65-67H2,1-3H3,(H,68,93)(H,69,101)(H,70,92)(H,71,94)(H,72,102)(H,73,97)(H,74,95)(H,75,99)(H,76,98)(H,77,100)(H,78,85)(H,79,96)(H,86,87)(H,88,89)(H,90,91)(H,103,104)/t32-,33+,34+,38-,39-,40-,41-,42-,43-,44-,45-,46-,51-,52-/m0/s1. The number of phenols is 1. The van der Waals surface area contributed by atoms with Crippen molar-refractivity contribution in [1.29, 1.82) is 0 Å². The number of carbonyl (C=O) groups excluding carboxylic acids is 12. The van der Waals surface area contributed by atoms with E-state index in [9.17, 15) is 123 Å². The molecule has 0 radical (unpaired) electrons. The van der Waals surface area contributed by atoms with Gasteiger partial charge in [-0.1, -0.05) is 48.9 Å². The van der Waals surface area contributed by atoms with Crippen molar-refractivity contribution >= 4 is 94.8 Å². The lowest BCUT2D eigenvalue weighted by molar-refractivity contribution is -0.142. The molecule has 0 aliphatic rings. The third-order valence-electron chi connectivity index (χ3n) is 15.6. The van der Waals surface area contributed by atoms with E-state index in [-0.39, 0.29) is 37.1 Å². The van der Waals surface area contributed by atoms with Crippen LogP contribution in [-0.4, -0.2) is 258 Å². The minimum Gasteiger partial charge on any atom is -0.508 e. The fraction of sp³-hybridized carbons (Fsp3) is 0.562. The molecule has 0 heterocycles. The van der Waals surface area contributed by atoms with Crippen LogP contribution in [0.1, 0.15) is 109 Å². The van der Waals surface area contributed by atoms with Crippen LogP contribution in [0.15, 0.2) is 54.6 Å². The van der Waals surface area contributed by atoms with E-state index in [0.29, 0.717) is 37.8 Å². The monoisotopic (exact) mass is 1480 g/mol. The quantitative estimate of drug-likeness (QED) is 0.0274. The molecule has 2 aromatic rings. The minimum absolute atomic E-state index is 0.0187. The van der Waals surface area contributed by atoms with Gasteiger partial charge in [-0.25, -0.2) is 4.79 Å². The van der Waals surface area contributed by atoms with E-state index in [2.05, 4.69) is 63.8 Å². The highest BCUT2D eigenvalue weighted by Gasteiger charge is 2.38. The number of nitrogens with one attached hydrogen (secondary N) is 12. The number of aliphatic carboxylic acids is 4. The van der Waals surface area contributed by atoms with E-state index in [1.54, 1.807) is 30.3 Å². The van der Waals surface area contributed by atoms with Crippen LogP contribution in [-0.2, 0) is 89.6 Å². The molecule has 0 unspecified atom stereocenters. The molecule has 12 amide bonds. The van der Waals surface area contributed by atoms with E-state index in [0.717, 1.165) is 20.8 Å². The summed E-state index contributed by atoms with van der Waals surface area (Å²) >= 11 is 0. The van der Waals surface area contributed by atoms with E-state index in [1.807, 2.05) is 0 Å². The van der Waals surface area contributed by atoms with Crippen LogP contribution in [0.5, 0.6) is 5.75 Å². The second-order valence-electron chi connectivity index (χ2n) is 24.2. The summed E-state index contributed by atoms with van der Waals surface area (Å²) in [4.78, 5) is 211. The van der Waals surface area contributed by atoms with Gasteiger partial charge < -0.3 is 127 Å². The van der Waals surface area contributed by atoms with Crippen LogP contribution in [0, 0.1) is 0 Å². The Morgan fingerprint density at radius 1 is 0.385 bits per heavy atom. The van der Waals surface area contributed by atoms with E-state index < -0.39 is 244 Å². The molecule has 2 aromatic carbocycles. The zero-order valence-corrected chi connectivity index (χ0v) is 57.5. The fourth-order valence-electron chi connectivity index (χ4n) is 9.67. The molecule has 2 rings (SSSR count). The number of hydrogen-bond donors (Lipinski definition) is 24. The number of unbranched alkanes of at least 4 members (excludes halogenated alkanes) is 2. The third kappa shape index (κ3) is 33.5. The van der Waals surface area contributed by atoms with E-state index in [1.165, 1.54) is 24.3 Å². The highest BCUT2D eigenvalue weighted by Crippen LogP contribution is 2.14. The SMILES string of the molecule is C[C@H](NC(=O)[C@@H](NC(=O)[C@H](CCC(=O)O)NC(=O)[C@H](CCC(=O)O)NC(=O)[C@@H](NC(=O)CNC(=O)[C@@H](N)CCCCN)[C@@H](C)O)[C@@H](C)O)C(=O)N[C@@H](CCC(=O)O)C(=O)N[C@@H](Cc1ccc(O)cc1)C(=O)N[C@@H](CO)C(=O)N[C@@H](CO)C(=O)N[C@@H](Cc1ccccc1)C(=O)N[C@@H](CCCCN)C(=O)O. The van der Waals surface area contributed by atoms with Crippen LogP contribution in [0.25, 0.3) is 0 Å². The van der Waals surface area contributed by atoms with Gasteiger partial charge in [-0.15, -0.1) is 0 Å². The molecule has 104 heavy (non-hydrogen) atoms. The van der Waals surface area contributed by atoms with Crippen molar-refractivity contribution in [2.75, 3.05) is 32.8 Å². The van der Waals surface area contributed by atoms with Gasteiger partial charge in [0.05, 0.1) is 38.0 Å². The second kappa shape index (κ2) is 46.9. The zero-order chi connectivity index (χ0) is 78.3. The maximum Gasteiger partial charge on any atom is 0.326 e. The number of aromatic hydroxyl groups is 1. The first-order valence-corrected chi connectivity index (χ1v) is 33.1. The molecule has 0 aliphatic heterocycles. The number of phenolic OH excluding ortho intramolecular Hbond substituents is 1. The summed E-state index contributed by atoms with van der Waals surface area (Å²) in [5.74, 6) is -20.5. The van der Waals surface area contributed by atoms with Gasteiger partial charge in [0.2, 0.25) is 70.9 Å². The lowest BCUT2D eigenvalue weighted by Gasteiger charge is -2.28. The Kier molecular flexibility index (Phi) is 40.4. The molecule has 0 bridgehead atoms. The molecule has 0 aromatic heterocycles. The van der Waals surface area contributed by atoms with Crippen LogP contribution in [0.2, 0.25) is 0 Å².